The summed E-state index contributed by atoms with van der Waals surface area (Å²) in [6, 6.07) is 16.0. The Hall–Kier alpha value is -2.86. The zero-order chi connectivity index (χ0) is 19.8. The van der Waals surface area contributed by atoms with Gasteiger partial charge in [-0.05, 0) is 55.9 Å². The summed E-state index contributed by atoms with van der Waals surface area (Å²) >= 11 is 0. The number of anilines is 1. The molecule has 2 aromatic carbocycles. The van der Waals surface area contributed by atoms with Crippen molar-refractivity contribution in [1.82, 2.24) is 15.0 Å². The fraction of sp³-hybridized carbons (Fsp3) is 0.364. The molecular weight excluding hydrogens is 352 g/mol. The number of para-hydroxylation sites is 1. The van der Waals surface area contributed by atoms with Gasteiger partial charge in [-0.3, -0.25) is 4.90 Å². The number of hydrogen-bond donors (Lipinski definition) is 1. The molecular formula is C22H28N4O2. The lowest BCUT2D eigenvalue weighted by atomic mass is 10.1. The lowest BCUT2D eigenvalue weighted by molar-refractivity contribution is 0.296. The Morgan fingerprint density at radius 2 is 1.75 bits per heavy atom. The van der Waals surface area contributed by atoms with E-state index in [1.54, 1.807) is 0 Å². The zero-order valence-electron chi connectivity index (χ0n) is 16.8. The molecule has 0 fully saturated rings. The average Bonchev–Trinajstić information content (AvgIpc) is 3.21. The summed E-state index contributed by atoms with van der Waals surface area (Å²) in [7, 11) is 0. The van der Waals surface area contributed by atoms with Gasteiger partial charge >= 0.3 is 0 Å². The summed E-state index contributed by atoms with van der Waals surface area (Å²) in [4.78, 5) is 6.89. The van der Waals surface area contributed by atoms with Crippen LogP contribution in [0.25, 0.3) is 11.4 Å². The van der Waals surface area contributed by atoms with E-state index in [-0.39, 0.29) is 0 Å². The molecule has 0 saturated carbocycles. The molecule has 0 aliphatic heterocycles. The van der Waals surface area contributed by atoms with E-state index >= 15 is 0 Å². The number of hydrogen-bond acceptors (Lipinski definition) is 6. The molecule has 3 rings (SSSR count). The predicted octanol–water partition coefficient (Wildman–Crippen LogP) is 4.59. The largest absolute Gasteiger partial charge is 0.494 e. The number of aromatic nitrogens is 2. The van der Waals surface area contributed by atoms with Crippen molar-refractivity contribution < 1.29 is 9.26 Å². The third kappa shape index (κ3) is 5.10. The lowest BCUT2D eigenvalue weighted by Crippen LogP contribution is -2.22. The molecule has 0 atom stereocenters. The molecule has 28 heavy (non-hydrogen) atoms. The monoisotopic (exact) mass is 380 g/mol. The van der Waals surface area contributed by atoms with E-state index in [2.05, 4.69) is 52.4 Å². The van der Waals surface area contributed by atoms with E-state index in [4.69, 9.17) is 9.26 Å². The molecule has 0 aliphatic rings. The van der Waals surface area contributed by atoms with Crippen LogP contribution in [0.5, 0.6) is 5.75 Å². The van der Waals surface area contributed by atoms with Crippen LogP contribution in [0.2, 0.25) is 0 Å². The second kappa shape index (κ2) is 9.90. The Labute approximate surface area is 166 Å². The Balaban J connectivity index is 1.65. The van der Waals surface area contributed by atoms with Crippen LogP contribution in [-0.4, -0.2) is 34.7 Å². The molecule has 1 N–H and O–H groups in total. The number of nitrogens with one attached hydrogen (secondary N) is 1. The van der Waals surface area contributed by atoms with Gasteiger partial charge in [0, 0.05) is 17.8 Å². The van der Waals surface area contributed by atoms with Crippen molar-refractivity contribution in [3.8, 4) is 17.1 Å². The van der Waals surface area contributed by atoms with Gasteiger partial charge in [0.15, 0.2) is 0 Å². The molecule has 0 amide bonds. The summed E-state index contributed by atoms with van der Waals surface area (Å²) in [5.41, 5.74) is 3.26. The Kier molecular flexibility index (Phi) is 7.03. The highest BCUT2D eigenvalue weighted by molar-refractivity contribution is 5.56. The number of benzene rings is 2. The van der Waals surface area contributed by atoms with Crippen LogP contribution in [-0.2, 0) is 13.1 Å². The second-order valence-electron chi connectivity index (χ2n) is 6.44. The smallest absolute Gasteiger partial charge is 0.246 e. The third-order valence-corrected chi connectivity index (χ3v) is 4.63. The van der Waals surface area contributed by atoms with Gasteiger partial charge in [-0.1, -0.05) is 37.2 Å². The van der Waals surface area contributed by atoms with Crippen molar-refractivity contribution in [2.45, 2.75) is 33.9 Å². The van der Waals surface area contributed by atoms with Crippen LogP contribution in [0.4, 0.5) is 5.69 Å². The quantitative estimate of drug-likeness (QED) is 0.555. The van der Waals surface area contributed by atoms with E-state index in [1.165, 1.54) is 5.56 Å². The fourth-order valence-electron chi connectivity index (χ4n) is 3.00. The molecule has 3 aromatic rings. The van der Waals surface area contributed by atoms with Crippen LogP contribution in [0.15, 0.2) is 53.1 Å². The van der Waals surface area contributed by atoms with E-state index < -0.39 is 0 Å². The SMILES string of the molecule is CCOc1ccc(-c2noc(CNc3ccccc3CN(CC)CC)n2)cc1. The molecule has 1 aromatic heterocycles. The zero-order valence-corrected chi connectivity index (χ0v) is 16.8. The highest BCUT2D eigenvalue weighted by atomic mass is 16.5. The third-order valence-electron chi connectivity index (χ3n) is 4.63. The minimum absolute atomic E-state index is 0.485. The molecule has 0 unspecified atom stereocenters. The molecule has 1 heterocycles. The standard InChI is InChI=1S/C22H28N4O2/c1-4-26(5-2)16-18-9-7-8-10-20(18)23-15-21-24-22(25-28-21)17-11-13-19(14-12-17)27-6-3/h7-14,23H,4-6,15-16H2,1-3H3. The van der Waals surface area contributed by atoms with Crippen molar-refractivity contribution in [3.63, 3.8) is 0 Å². The van der Waals surface area contributed by atoms with Gasteiger partial charge < -0.3 is 14.6 Å². The Morgan fingerprint density at radius 1 is 1.00 bits per heavy atom. The van der Waals surface area contributed by atoms with Gasteiger partial charge in [-0.15, -0.1) is 0 Å². The summed E-state index contributed by atoms with van der Waals surface area (Å²) in [6.45, 7) is 10.4. The van der Waals surface area contributed by atoms with Gasteiger partial charge in [0.05, 0.1) is 13.2 Å². The summed E-state index contributed by atoms with van der Waals surface area (Å²) < 4.78 is 10.9. The minimum atomic E-state index is 0.485. The maximum atomic E-state index is 5.47. The van der Waals surface area contributed by atoms with Gasteiger partial charge in [0.1, 0.15) is 5.75 Å². The molecule has 0 saturated heterocycles. The topological polar surface area (TPSA) is 63.4 Å². The van der Waals surface area contributed by atoms with Gasteiger partial charge in [0.25, 0.3) is 0 Å². The van der Waals surface area contributed by atoms with E-state index in [0.717, 1.165) is 36.6 Å². The van der Waals surface area contributed by atoms with E-state index in [0.29, 0.717) is 24.9 Å². The first-order chi connectivity index (χ1) is 13.7. The molecule has 0 bridgehead atoms. The van der Waals surface area contributed by atoms with Crippen molar-refractivity contribution in [3.05, 3.63) is 60.0 Å². The number of rotatable bonds is 10. The van der Waals surface area contributed by atoms with Crippen molar-refractivity contribution in [2.75, 3.05) is 25.0 Å². The highest BCUT2D eigenvalue weighted by Gasteiger charge is 2.10. The maximum Gasteiger partial charge on any atom is 0.246 e. The van der Waals surface area contributed by atoms with Crippen LogP contribution in [0.1, 0.15) is 32.2 Å². The molecule has 148 valence electrons. The summed E-state index contributed by atoms with van der Waals surface area (Å²) in [5, 5.41) is 7.53. The lowest BCUT2D eigenvalue weighted by Gasteiger charge is -2.20. The second-order valence-corrected chi connectivity index (χ2v) is 6.44. The average molecular weight is 380 g/mol. The first-order valence-corrected chi connectivity index (χ1v) is 9.83. The van der Waals surface area contributed by atoms with Gasteiger partial charge in [-0.2, -0.15) is 4.98 Å². The molecule has 6 heteroatoms. The summed E-state index contributed by atoms with van der Waals surface area (Å²) in [6.07, 6.45) is 0. The molecule has 0 radical (unpaired) electrons. The van der Waals surface area contributed by atoms with Crippen LogP contribution in [0.3, 0.4) is 0 Å². The van der Waals surface area contributed by atoms with E-state index in [1.807, 2.05) is 37.3 Å². The molecule has 0 aliphatic carbocycles. The highest BCUT2D eigenvalue weighted by Crippen LogP contribution is 2.21. The summed E-state index contributed by atoms with van der Waals surface area (Å²) in [5.74, 6) is 1.97. The Morgan fingerprint density at radius 3 is 2.46 bits per heavy atom. The van der Waals surface area contributed by atoms with Crippen LogP contribution in [0, 0.1) is 0 Å². The minimum Gasteiger partial charge on any atom is -0.494 e. The van der Waals surface area contributed by atoms with Crippen molar-refractivity contribution >= 4 is 5.69 Å². The van der Waals surface area contributed by atoms with Crippen molar-refractivity contribution in [1.29, 1.82) is 0 Å². The first-order valence-electron chi connectivity index (χ1n) is 9.83. The number of ether oxygens (including phenoxy) is 1. The number of nitrogens with zero attached hydrogens (tertiary/aromatic N) is 3. The fourth-order valence-corrected chi connectivity index (χ4v) is 3.00. The molecule has 0 spiro atoms. The normalized spacial score (nSPS) is 11.0. The van der Waals surface area contributed by atoms with E-state index in [9.17, 15) is 0 Å². The van der Waals surface area contributed by atoms with Crippen molar-refractivity contribution in [2.24, 2.45) is 0 Å². The van der Waals surface area contributed by atoms with Crippen LogP contribution < -0.4 is 10.1 Å². The Bertz CT molecular complexity index is 857. The predicted molar refractivity (Wildman–Crippen MR) is 111 cm³/mol. The van der Waals surface area contributed by atoms with Gasteiger partial charge in [0.2, 0.25) is 11.7 Å². The van der Waals surface area contributed by atoms with Gasteiger partial charge in [-0.25, -0.2) is 0 Å². The maximum absolute atomic E-state index is 5.47. The first kappa shape index (κ1) is 19.9. The molecule has 6 nitrogen and oxygen atoms in total. The van der Waals surface area contributed by atoms with Crippen LogP contribution >= 0.6 is 0 Å².